The number of urea groups is 1. The molecule has 4 bridgehead atoms. The summed E-state index contributed by atoms with van der Waals surface area (Å²) in [6, 6.07) is -0.156. The Labute approximate surface area is 168 Å². The summed E-state index contributed by atoms with van der Waals surface area (Å²) < 4.78 is 0. The number of hydrogen-bond acceptors (Lipinski definition) is 3. The maximum atomic E-state index is 12.4. The molecule has 7 nitrogen and oxygen atoms in total. The van der Waals surface area contributed by atoms with Crippen LogP contribution >= 0.6 is 0 Å². The van der Waals surface area contributed by atoms with E-state index in [4.69, 9.17) is 0 Å². The lowest BCUT2D eigenvalue weighted by molar-refractivity contribution is -0.139. The molecule has 158 valence electrons. The molecular formula is C21H36N4O3. The van der Waals surface area contributed by atoms with Gasteiger partial charge in [0.15, 0.2) is 0 Å². The molecule has 4 aliphatic carbocycles. The fourth-order valence-electron chi connectivity index (χ4n) is 5.99. The Morgan fingerprint density at radius 2 is 1.46 bits per heavy atom. The summed E-state index contributed by atoms with van der Waals surface area (Å²) in [5.74, 6) is 2.17. The van der Waals surface area contributed by atoms with Crippen molar-refractivity contribution in [1.29, 1.82) is 0 Å². The van der Waals surface area contributed by atoms with Crippen molar-refractivity contribution in [3.63, 3.8) is 0 Å². The van der Waals surface area contributed by atoms with E-state index in [1.54, 1.807) is 11.9 Å². The van der Waals surface area contributed by atoms with Gasteiger partial charge in [0.2, 0.25) is 11.8 Å². The summed E-state index contributed by atoms with van der Waals surface area (Å²) in [6.07, 6.45) is 7.57. The second-order valence-corrected chi connectivity index (χ2v) is 9.14. The van der Waals surface area contributed by atoms with Crippen molar-refractivity contribution in [1.82, 2.24) is 20.4 Å². The molecule has 0 atom stereocenters. The second-order valence-electron chi connectivity index (χ2n) is 9.14. The highest BCUT2D eigenvalue weighted by atomic mass is 16.2. The molecule has 4 saturated carbocycles. The van der Waals surface area contributed by atoms with Crippen LogP contribution in [0.2, 0.25) is 0 Å². The summed E-state index contributed by atoms with van der Waals surface area (Å²) >= 11 is 0. The van der Waals surface area contributed by atoms with Crippen LogP contribution in [0.15, 0.2) is 0 Å². The number of nitrogens with zero attached hydrogens (tertiary/aromatic N) is 2. The Morgan fingerprint density at radius 1 is 0.929 bits per heavy atom. The first kappa shape index (κ1) is 20.9. The van der Waals surface area contributed by atoms with E-state index in [1.165, 1.54) is 24.2 Å². The molecule has 0 aromatic carbocycles. The Hall–Kier alpha value is -1.79. The van der Waals surface area contributed by atoms with E-state index in [0.29, 0.717) is 19.6 Å². The largest absolute Gasteiger partial charge is 0.342 e. The predicted octanol–water partition coefficient (Wildman–Crippen LogP) is 1.97. The maximum Gasteiger partial charge on any atom is 0.315 e. The topological polar surface area (TPSA) is 81.8 Å². The van der Waals surface area contributed by atoms with Gasteiger partial charge in [0.05, 0.1) is 6.54 Å². The number of likely N-dealkylation sites (N-methyl/N-ethyl adjacent to an activating group) is 2. The van der Waals surface area contributed by atoms with Crippen molar-refractivity contribution >= 4 is 17.8 Å². The minimum Gasteiger partial charge on any atom is -0.342 e. The third-order valence-electron chi connectivity index (χ3n) is 6.96. The SMILES string of the molecule is CCN(CC)C(=O)CN(C)C(=O)CCNC(=O)NC12CC3CC(CC(C3)C1)C2. The summed E-state index contributed by atoms with van der Waals surface area (Å²) in [5, 5.41) is 6.10. The molecule has 0 aromatic rings. The fourth-order valence-corrected chi connectivity index (χ4v) is 5.99. The van der Waals surface area contributed by atoms with Crippen LogP contribution < -0.4 is 10.6 Å². The lowest BCUT2D eigenvalue weighted by atomic mass is 9.53. The van der Waals surface area contributed by atoms with Crippen LogP contribution in [0.1, 0.15) is 58.8 Å². The van der Waals surface area contributed by atoms with Crippen LogP contribution in [0, 0.1) is 17.8 Å². The van der Waals surface area contributed by atoms with Crippen LogP contribution in [0.5, 0.6) is 0 Å². The van der Waals surface area contributed by atoms with E-state index in [1.807, 2.05) is 13.8 Å². The first-order valence-corrected chi connectivity index (χ1v) is 10.9. The monoisotopic (exact) mass is 392 g/mol. The van der Waals surface area contributed by atoms with Gasteiger partial charge in [0.1, 0.15) is 0 Å². The van der Waals surface area contributed by atoms with E-state index in [9.17, 15) is 14.4 Å². The maximum absolute atomic E-state index is 12.4. The van der Waals surface area contributed by atoms with Crippen LogP contribution in [0.4, 0.5) is 4.79 Å². The van der Waals surface area contributed by atoms with Gasteiger partial charge in [-0.25, -0.2) is 4.79 Å². The predicted molar refractivity (Wildman–Crippen MR) is 108 cm³/mol. The smallest absolute Gasteiger partial charge is 0.315 e. The summed E-state index contributed by atoms with van der Waals surface area (Å²) in [6.45, 7) is 5.51. The highest BCUT2D eigenvalue weighted by molar-refractivity contribution is 5.85. The van der Waals surface area contributed by atoms with Gasteiger partial charge >= 0.3 is 6.03 Å². The lowest BCUT2D eigenvalue weighted by Crippen LogP contribution is -2.61. The van der Waals surface area contributed by atoms with E-state index in [0.717, 1.165) is 37.0 Å². The molecule has 0 saturated heterocycles. The van der Waals surface area contributed by atoms with Gasteiger partial charge in [-0.2, -0.15) is 0 Å². The molecule has 0 radical (unpaired) electrons. The van der Waals surface area contributed by atoms with Crippen molar-refractivity contribution < 1.29 is 14.4 Å². The zero-order valence-corrected chi connectivity index (χ0v) is 17.6. The van der Waals surface area contributed by atoms with E-state index >= 15 is 0 Å². The molecule has 2 N–H and O–H groups in total. The van der Waals surface area contributed by atoms with Crippen LogP contribution in [-0.2, 0) is 9.59 Å². The van der Waals surface area contributed by atoms with Crippen molar-refractivity contribution in [2.45, 2.75) is 64.3 Å². The van der Waals surface area contributed by atoms with Gasteiger partial charge in [-0.05, 0) is 70.1 Å². The second kappa shape index (κ2) is 8.70. The zero-order chi connectivity index (χ0) is 20.3. The highest BCUT2D eigenvalue weighted by Gasteiger charge is 2.51. The fraction of sp³-hybridized carbons (Fsp3) is 0.857. The number of carbonyl (C=O) groups excluding carboxylic acids is 3. The summed E-state index contributed by atoms with van der Waals surface area (Å²) in [5.41, 5.74) is -0.0180. The molecule has 7 heteroatoms. The molecule has 28 heavy (non-hydrogen) atoms. The van der Waals surface area contributed by atoms with E-state index < -0.39 is 0 Å². The zero-order valence-electron chi connectivity index (χ0n) is 17.6. The van der Waals surface area contributed by atoms with Crippen molar-refractivity contribution in [2.24, 2.45) is 17.8 Å². The lowest BCUT2D eigenvalue weighted by Gasteiger charge is -2.56. The first-order valence-electron chi connectivity index (χ1n) is 10.9. The van der Waals surface area contributed by atoms with Gasteiger partial charge in [-0.15, -0.1) is 0 Å². The van der Waals surface area contributed by atoms with Gasteiger partial charge in [0.25, 0.3) is 0 Å². The first-order chi connectivity index (χ1) is 13.3. The van der Waals surface area contributed by atoms with Crippen LogP contribution in [0.3, 0.4) is 0 Å². The normalized spacial score (nSPS) is 30.0. The number of carbonyl (C=O) groups is 3. The van der Waals surface area contributed by atoms with Crippen molar-refractivity contribution in [3.8, 4) is 0 Å². The number of nitrogens with one attached hydrogen (secondary N) is 2. The molecule has 0 unspecified atom stereocenters. The molecular weight excluding hydrogens is 356 g/mol. The van der Waals surface area contributed by atoms with Crippen LogP contribution in [0.25, 0.3) is 0 Å². The molecule has 0 heterocycles. The molecule has 4 rings (SSSR count). The third-order valence-corrected chi connectivity index (χ3v) is 6.96. The quantitative estimate of drug-likeness (QED) is 0.663. The van der Waals surface area contributed by atoms with Crippen molar-refractivity contribution in [3.05, 3.63) is 0 Å². The Balaban J connectivity index is 1.38. The molecule has 4 aliphatic rings. The highest BCUT2D eigenvalue weighted by Crippen LogP contribution is 2.55. The number of rotatable bonds is 8. The van der Waals surface area contributed by atoms with Gasteiger partial charge in [0, 0.05) is 38.6 Å². The minimum atomic E-state index is -0.156. The molecule has 0 spiro atoms. The number of amides is 4. The third kappa shape index (κ3) is 4.78. The van der Waals surface area contributed by atoms with Crippen LogP contribution in [-0.4, -0.2) is 66.4 Å². The van der Waals surface area contributed by atoms with E-state index in [-0.39, 0.29) is 36.3 Å². The number of hydrogen-bond donors (Lipinski definition) is 2. The Kier molecular flexibility index (Phi) is 6.50. The van der Waals surface area contributed by atoms with Gasteiger partial charge in [-0.3, -0.25) is 9.59 Å². The molecule has 4 amide bonds. The Morgan fingerprint density at radius 3 is 1.96 bits per heavy atom. The van der Waals surface area contributed by atoms with Crippen molar-refractivity contribution in [2.75, 3.05) is 33.2 Å². The average molecular weight is 393 g/mol. The summed E-state index contributed by atoms with van der Waals surface area (Å²) in [4.78, 5) is 39.9. The van der Waals surface area contributed by atoms with Gasteiger partial charge in [-0.1, -0.05) is 0 Å². The standard InChI is InChI=1S/C21H36N4O3/c1-4-25(5-2)19(27)14-24(3)18(26)6-7-22-20(28)23-21-11-15-8-16(12-21)10-17(9-15)13-21/h15-17H,4-14H2,1-3H3,(H2,22,23,28). The molecule has 4 fully saturated rings. The van der Waals surface area contributed by atoms with E-state index in [2.05, 4.69) is 10.6 Å². The molecule has 0 aliphatic heterocycles. The van der Waals surface area contributed by atoms with Gasteiger partial charge < -0.3 is 20.4 Å². The molecule has 0 aromatic heterocycles. The minimum absolute atomic E-state index is 0.0180. The summed E-state index contributed by atoms with van der Waals surface area (Å²) in [7, 11) is 1.64. The Bertz CT molecular complexity index is 567. The average Bonchev–Trinajstić information content (AvgIpc) is 2.60.